The van der Waals surface area contributed by atoms with E-state index in [2.05, 4.69) is 6.92 Å². The summed E-state index contributed by atoms with van der Waals surface area (Å²) in [7, 11) is 0. The van der Waals surface area contributed by atoms with E-state index in [0.717, 1.165) is 32.3 Å². The predicted octanol–water partition coefficient (Wildman–Crippen LogP) is 1.72. The van der Waals surface area contributed by atoms with E-state index in [1.54, 1.807) is 0 Å². The molecule has 0 spiro atoms. The minimum atomic E-state index is -0.474. The Morgan fingerprint density at radius 1 is 1.64 bits per heavy atom. The van der Waals surface area contributed by atoms with Gasteiger partial charge in [0.15, 0.2) is 0 Å². The Morgan fingerprint density at radius 3 is 2.91 bits per heavy atom. The highest BCUT2D eigenvalue weighted by molar-refractivity contribution is 4.80. The van der Waals surface area contributed by atoms with Crippen molar-refractivity contribution in [3.63, 3.8) is 0 Å². The van der Waals surface area contributed by atoms with Gasteiger partial charge in [-0.15, -0.1) is 0 Å². The van der Waals surface area contributed by atoms with E-state index in [4.69, 9.17) is 4.74 Å². The molecule has 0 aliphatic carbocycles. The van der Waals surface area contributed by atoms with Gasteiger partial charge in [0.25, 0.3) is 0 Å². The third-order valence-corrected chi connectivity index (χ3v) is 2.27. The van der Waals surface area contributed by atoms with E-state index in [0.29, 0.717) is 6.10 Å². The van der Waals surface area contributed by atoms with Gasteiger partial charge >= 0.3 is 0 Å². The summed E-state index contributed by atoms with van der Waals surface area (Å²) < 4.78 is 5.49. The van der Waals surface area contributed by atoms with Gasteiger partial charge in [0.05, 0.1) is 11.7 Å². The van der Waals surface area contributed by atoms with Gasteiger partial charge < -0.3 is 9.84 Å². The molecule has 0 radical (unpaired) electrons. The Kier molecular flexibility index (Phi) is 2.90. The normalized spacial score (nSPS) is 39.0. The van der Waals surface area contributed by atoms with Crippen LogP contribution in [0.3, 0.4) is 0 Å². The second-order valence-electron chi connectivity index (χ2n) is 3.73. The van der Waals surface area contributed by atoms with E-state index in [1.165, 1.54) is 0 Å². The van der Waals surface area contributed by atoms with Crippen LogP contribution in [0.5, 0.6) is 0 Å². The summed E-state index contributed by atoms with van der Waals surface area (Å²) in [4.78, 5) is 0. The quantitative estimate of drug-likeness (QED) is 0.663. The topological polar surface area (TPSA) is 29.5 Å². The van der Waals surface area contributed by atoms with Crippen LogP contribution >= 0.6 is 0 Å². The van der Waals surface area contributed by atoms with Gasteiger partial charge in [0.2, 0.25) is 0 Å². The SMILES string of the molecule is CCC[C@@H]1C[C@](C)(O)CCO1. The van der Waals surface area contributed by atoms with Gasteiger partial charge in [0, 0.05) is 13.0 Å². The van der Waals surface area contributed by atoms with E-state index in [-0.39, 0.29) is 0 Å². The lowest BCUT2D eigenvalue weighted by Crippen LogP contribution is -2.38. The molecule has 0 bridgehead atoms. The average molecular weight is 158 g/mol. The zero-order chi connectivity index (χ0) is 8.32. The van der Waals surface area contributed by atoms with Crippen LogP contribution < -0.4 is 0 Å². The maximum atomic E-state index is 9.69. The van der Waals surface area contributed by atoms with E-state index >= 15 is 0 Å². The molecule has 0 amide bonds. The fourth-order valence-electron chi connectivity index (χ4n) is 1.60. The van der Waals surface area contributed by atoms with Gasteiger partial charge in [-0.2, -0.15) is 0 Å². The Balaban J connectivity index is 2.34. The van der Waals surface area contributed by atoms with Gasteiger partial charge in [-0.1, -0.05) is 13.3 Å². The largest absolute Gasteiger partial charge is 0.390 e. The molecule has 2 heteroatoms. The van der Waals surface area contributed by atoms with Crippen molar-refractivity contribution < 1.29 is 9.84 Å². The minimum Gasteiger partial charge on any atom is -0.390 e. The van der Waals surface area contributed by atoms with Crippen molar-refractivity contribution >= 4 is 0 Å². The predicted molar refractivity (Wildman–Crippen MR) is 44.5 cm³/mol. The van der Waals surface area contributed by atoms with Crippen molar-refractivity contribution in [2.45, 2.75) is 51.2 Å². The Bertz CT molecular complexity index is 119. The van der Waals surface area contributed by atoms with Crippen LogP contribution in [-0.2, 0) is 4.74 Å². The van der Waals surface area contributed by atoms with Crippen LogP contribution in [0, 0.1) is 0 Å². The first-order chi connectivity index (χ1) is 5.14. The number of hydrogen-bond donors (Lipinski definition) is 1. The second-order valence-corrected chi connectivity index (χ2v) is 3.73. The average Bonchev–Trinajstić information content (AvgIpc) is 1.85. The fraction of sp³-hybridized carbons (Fsp3) is 1.00. The van der Waals surface area contributed by atoms with Gasteiger partial charge in [-0.25, -0.2) is 0 Å². The summed E-state index contributed by atoms with van der Waals surface area (Å²) in [5.41, 5.74) is -0.474. The molecule has 2 atom stereocenters. The lowest BCUT2D eigenvalue weighted by Gasteiger charge is -2.33. The Morgan fingerprint density at radius 2 is 2.36 bits per heavy atom. The third-order valence-electron chi connectivity index (χ3n) is 2.27. The van der Waals surface area contributed by atoms with Crippen LogP contribution in [0.15, 0.2) is 0 Å². The lowest BCUT2D eigenvalue weighted by atomic mass is 9.91. The standard InChI is InChI=1S/C9H18O2/c1-3-4-8-7-9(2,10)5-6-11-8/h8,10H,3-7H2,1-2H3/t8-,9-/m1/s1. The van der Waals surface area contributed by atoms with E-state index in [9.17, 15) is 5.11 Å². The molecular formula is C9H18O2. The van der Waals surface area contributed by atoms with Gasteiger partial charge in [-0.3, -0.25) is 0 Å². The highest BCUT2D eigenvalue weighted by Gasteiger charge is 2.29. The summed E-state index contributed by atoms with van der Waals surface area (Å²) >= 11 is 0. The van der Waals surface area contributed by atoms with E-state index in [1.807, 2.05) is 6.92 Å². The zero-order valence-corrected chi connectivity index (χ0v) is 7.47. The van der Waals surface area contributed by atoms with Crippen LogP contribution in [0.25, 0.3) is 0 Å². The highest BCUT2D eigenvalue weighted by Crippen LogP contribution is 2.25. The number of aliphatic hydroxyl groups is 1. The summed E-state index contributed by atoms with van der Waals surface area (Å²) in [5.74, 6) is 0. The molecule has 1 heterocycles. The van der Waals surface area contributed by atoms with Crippen LogP contribution in [0.4, 0.5) is 0 Å². The molecule has 66 valence electrons. The first kappa shape index (κ1) is 9.01. The van der Waals surface area contributed by atoms with E-state index < -0.39 is 5.60 Å². The smallest absolute Gasteiger partial charge is 0.0666 e. The fourth-order valence-corrected chi connectivity index (χ4v) is 1.60. The summed E-state index contributed by atoms with van der Waals surface area (Å²) in [5, 5.41) is 9.69. The molecule has 0 saturated carbocycles. The maximum absolute atomic E-state index is 9.69. The molecule has 0 aromatic heterocycles. The minimum absolute atomic E-state index is 0.295. The molecule has 0 aromatic rings. The molecule has 0 aromatic carbocycles. The number of hydrogen-bond acceptors (Lipinski definition) is 2. The van der Waals surface area contributed by atoms with Crippen LogP contribution in [0.1, 0.15) is 39.5 Å². The van der Waals surface area contributed by atoms with Crippen molar-refractivity contribution in [1.29, 1.82) is 0 Å². The van der Waals surface area contributed by atoms with Gasteiger partial charge in [0.1, 0.15) is 0 Å². The number of ether oxygens (including phenoxy) is 1. The molecule has 1 N–H and O–H groups in total. The molecule has 1 aliphatic rings. The molecular weight excluding hydrogens is 140 g/mol. The first-order valence-corrected chi connectivity index (χ1v) is 4.48. The van der Waals surface area contributed by atoms with Crippen molar-refractivity contribution in [2.75, 3.05) is 6.61 Å². The highest BCUT2D eigenvalue weighted by atomic mass is 16.5. The van der Waals surface area contributed by atoms with Crippen LogP contribution in [0.2, 0.25) is 0 Å². The van der Waals surface area contributed by atoms with Gasteiger partial charge in [-0.05, 0) is 19.8 Å². The molecule has 1 fully saturated rings. The van der Waals surface area contributed by atoms with Crippen LogP contribution in [-0.4, -0.2) is 23.4 Å². The van der Waals surface area contributed by atoms with Crippen molar-refractivity contribution in [3.05, 3.63) is 0 Å². The number of rotatable bonds is 2. The zero-order valence-electron chi connectivity index (χ0n) is 7.47. The van der Waals surface area contributed by atoms with Crippen molar-refractivity contribution in [2.24, 2.45) is 0 Å². The maximum Gasteiger partial charge on any atom is 0.0666 e. The molecule has 1 saturated heterocycles. The molecule has 0 unspecified atom stereocenters. The summed E-state index contributed by atoms with van der Waals surface area (Å²) in [6, 6.07) is 0. The lowest BCUT2D eigenvalue weighted by molar-refractivity contribution is -0.0955. The molecule has 1 rings (SSSR count). The molecule has 2 nitrogen and oxygen atoms in total. The Labute approximate surface area is 68.6 Å². The Hall–Kier alpha value is -0.0800. The summed E-state index contributed by atoms with van der Waals surface area (Å²) in [6.07, 6.45) is 4.11. The summed E-state index contributed by atoms with van der Waals surface area (Å²) in [6.45, 7) is 4.77. The molecule has 11 heavy (non-hydrogen) atoms. The molecule has 1 aliphatic heterocycles. The first-order valence-electron chi connectivity index (χ1n) is 4.48. The van der Waals surface area contributed by atoms with Crippen molar-refractivity contribution in [3.8, 4) is 0 Å². The second kappa shape index (κ2) is 3.55. The third kappa shape index (κ3) is 2.80. The monoisotopic (exact) mass is 158 g/mol. The van der Waals surface area contributed by atoms with Crippen molar-refractivity contribution in [1.82, 2.24) is 0 Å².